The Morgan fingerprint density at radius 1 is 1.22 bits per heavy atom. The molecule has 0 aromatic rings. The Kier molecular flexibility index (Phi) is 6.65. The zero-order valence-electron chi connectivity index (χ0n) is 13.1. The highest BCUT2D eigenvalue weighted by Crippen LogP contribution is 2.32. The molecule has 0 aliphatic carbocycles. The van der Waals surface area contributed by atoms with Crippen LogP contribution >= 0.6 is 0 Å². The highest BCUT2D eigenvalue weighted by atomic mass is 16.5. The van der Waals surface area contributed by atoms with Crippen molar-refractivity contribution in [2.24, 2.45) is 11.8 Å². The molecule has 1 rings (SSSR count). The molecular weight excluding hydrogens is 222 g/mol. The molecule has 1 fully saturated rings. The molecule has 0 aromatic carbocycles. The highest BCUT2D eigenvalue weighted by molar-refractivity contribution is 4.93. The first-order valence-corrected chi connectivity index (χ1v) is 7.85. The summed E-state index contributed by atoms with van der Waals surface area (Å²) in [7, 11) is 0. The van der Waals surface area contributed by atoms with E-state index in [9.17, 15) is 0 Å². The van der Waals surface area contributed by atoms with E-state index in [1.54, 1.807) is 0 Å². The van der Waals surface area contributed by atoms with Gasteiger partial charge in [0.15, 0.2) is 0 Å². The molecule has 1 aliphatic rings. The molecule has 1 N–H and O–H groups in total. The minimum absolute atomic E-state index is 0.0699. The van der Waals surface area contributed by atoms with Gasteiger partial charge in [0.25, 0.3) is 0 Å². The lowest BCUT2D eigenvalue weighted by atomic mass is 9.84. The zero-order valence-corrected chi connectivity index (χ0v) is 13.1. The Balaban J connectivity index is 2.54. The van der Waals surface area contributed by atoms with Crippen LogP contribution in [0.15, 0.2) is 0 Å². The standard InChI is InChI=1S/C16H33NO/c1-6-9-17-15(12-14(4)11-13(2)3)16(5)8-7-10-18-16/h13-15,17H,6-12H2,1-5H3. The molecule has 3 unspecified atom stereocenters. The van der Waals surface area contributed by atoms with Crippen LogP contribution in [0, 0.1) is 11.8 Å². The molecule has 2 heteroatoms. The van der Waals surface area contributed by atoms with Crippen LogP contribution < -0.4 is 5.32 Å². The molecule has 2 nitrogen and oxygen atoms in total. The van der Waals surface area contributed by atoms with E-state index in [4.69, 9.17) is 4.74 Å². The van der Waals surface area contributed by atoms with Gasteiger partial charge < -0.3 is 10.1 Å². The van der Waals surface area contributed by atoms with E-state index in [1.807, 2.05) is 0 Å². The van der Waals surface area contributed by atoms with Crippen molar-refractivity contribution in [3.05, 3.63) is 0 Å². The molecule has 3 atom stereocenters. The van der Waals surface area contributed by atoms with E-state index < -0.39 is 0 Å². The van der Waals surface area contributed by atoms with Gasteiger partial charge in [0.05, 0.1) is 5.60 Å². The first-order chi connectivity index (χ1) is 8.48. The Labute approximate surface area is 114 Å². The summed E-state index contributed by atoms with van der Waals surface area (Å²) in [5.74, 6) is 1.57. The summed E-state index contributed by atoms with van der Waals surface area (Å²) in [5.41, 5.74) is 0.0699. The second kappa shape index (κ2) is 7.49. The van der Waals surface area contributed by atoms with E-state index in [0.717, 1.165) is 25.0 Å². The van der Waals surface area contributed by atoms with Crippen molar-refractivity contribution in [3.63, 3.8) is 0 Å². The first kappa shape index (κ1) is 16.0. The van der Waals surface area contributed by atoms with Crippen molar-refractivity contribution in [1.82, 2.24) is 5.32 Å². The topological polar surface area (TPSA) is 21.3 Å². The normalized spacial score (nSPS) is 27.7. The van der Waals surface area contributed by atoms with Crippen LogP contribution in [0.1, 0.15) is 66.7 Å². The predicted octanol–water partition coefficient (Wildman–Crippen LogP) is 4.00. The third-order valence-electron chi connectivity index (χ3n) is 4.14. The Morgan fingerprint density at radius 3 is 2.44 bits per heavy atom. The van der Waals surface area contributed by atoms with E-state index in [-0.39, 0.29) is 5.60 Å². The zero-order chi connectivity index (χ0) is 13.6. The Bertz CT molecular complexity index is 221. The SMILES string of the molecule is CCCNC(CC(C)CC(C)C)C1(C)CCCO1. The molecule has 18 heavy (non-hydrogen) atoms. The highest BCUT2D eigenvalue weighted by Gasteiger charge is 2.38. The Hall–Kier alpha value is -0.0800. The van der Waals surface area contributed by atoms with Crippen LogP contribution in [-0.4, -0.2) is 24.8 Å². The summed E-state index contributed by atoms with van der Waals surface area (Å²) in [6.45, 7) is 13.6. The van der Waals surface area contributed by atoms with Crippen molar-refractivity contribution < 1.29 is 4.74 Å². The maximum absolute atomic E-state index is 6.04. The maximum Gasteiger partial charge on any atom is 0.0807 e. The van der Waals surface area contributed by atoms with E-state index >= 15 is 0 Å². The summed E-state index contributed by atoms with van der Waals surface area (Å²) in [6, 6.07) is 0.522. The quantitative estimate of drug-likeness (QED) is 0.708. The van der Waals surface area contributed by atoms with E-state index in [0.29, 0.717) is 6.04 Å². The summed E-state index contributed by atoms with van der Waals surface area (Å²) < 4.78 is 6.04. The van der Waals surface area contributed by atoms with Crippen LogP contribution in [-0.2, 0) is 4.74 Å². The monoisotopic (exact) mass is 255 g/mol. The van der Waals surface area contributed by atoms with E-state index in [2.05, 4.69) is 39.9 Å². The molecule has 0 radical (unpaired) electrons. The summed E-state index contributed by atoms with van der Waals surface area (Å²) in [4.78, 5) is 0. The van der Waals surface area contributed by atoms with Crippen molar-refractivity contribution >= 4 is 0 Å². The number of rotatable bonds is 8. The molecule has 1 aliphatic heterocycles. The van der Waals surface area contributed by atoms with Crippen molar-refractivity contribution in [3.8, 4) is 0 Å². The fourth-order valence-electron chi connectivity index (χ4n) is 3.25. The predicted molar refractivity (Wildman–Crippen MR) is 78.9 cm³/mol. The van der Waals surface area contributed by atoms with Gasteiger partial charge >= 0.3 is 0 Å². The number of nitrogens with one attached hydrogen (secondary N) is 1. The van der Waals surface area contributed by atoms with Crippen molar-refractivity contribution in [2.45, 2.75) is 78.4 Å². The second-order valence-corrected chi connectivity index (χ2v) is 6.74. The minimum atomic E-state index is 0.0699. The smallest absolute Gasteiger partial charge is 0.0807 e. The van der Waals surface area contributed by atoms with Crippen LogP contribution in [0.2, 0.25) is 0 Å². The lowest BCUT2D eigenvalue weighted by Gasteiger charge is -2.36. The molecule has 1 heterocycles. The summed E-state index contributed by atoms with van der Waals surface area (Å²) in [6.07, 6.45) is 6.20. The third kappa shape index (κ3) is 4.89. The van der Waals surface area contributed by atoms with Gasteiger partial charge in [-0.2, -0.15) is 0 Å². The third-order valence-corrected chi connectivity index (χ3v) is 4.14. The number of hydrogen-bond donors (Lipinski definition) is 1. The Morgan fingerprint density at radius 2 is 1.94 bits per heavy atom. The fourth-order valence-corrected chi connectivity index (χ4v) is 3.25. The van der Waals surface area contributed by atoms with Gasteiger partial charge in [0.2, 0.25) is 0 Å². The largest absolute Gasteiger partial charge is 0.374 e. The molecular formula is C16H33NO. The van der Waals surface area contributed by atoms with Gasteiger partial charge in [-0.3, -0.25) is 0 Å². The lowest BCUT2D eigenvalue weighted by Crippen LogP contribution is -2.49. The van der Waals surface area contributed by atoms with Crippen molar-refractivity contribution in [1.29, 1.82) is 0 Å². The number of ether oxygens (including phenoxy) is 1. The molecule has 1 saturated heterocycles. The lowest BCUT2D eigenvalue weighted by molar-refractivity contribution is -0.0181. The average molecular weight is 255 g/mol. The molecule has 0 amide bonds. The van der Waals surface area contributed by atoms with Gasteiger partial charge in [-0.25, -0.2) is 0 Å². The van der Waals surface area contributed by atoms with Gasteiger partial charge in [-0.15, -0.1) is 0 Å². The fraction of sp³-hybridized carbons (Fsp3) is 1.00. The minimum Gasteiger partial charge on any atom is -0.374 e. The van der Waals surface area contributed by atoms with Gasteiger partial charge in [0.1, 0.15) is 0 Å². The van der Waals surface area contributed by atoms with E-state index in [1.165, 1.54) is 32.1 Å². The molecule has 0 bridgehead atoms. The van der Waals surface area contributed by atoms with Crippen LogP contribution in [0.4, 0.5) is 0 Å². The molecule has 0 aromatic heterocycles. The van der Waals surface area contributed by atoms with Crippen molar-refractivity contribution in [2.75, 3.05) is 13.2 Å². The first-order valence-electron chi connectivity index (χ1n) is 7.85. The maximum atomic E-state index is 6.04. The van der Waals surface area contributed by atoms with Gasteiger partial charge in [-0.05, 0) is 57.4 Å². The van der Waals surface area contributed by atoms with Crippen LogP contribution in [0.3, 0.4) is 0 Å². The van der Waals surface area contributed by atoms with Crippen LogP contribution in [0.25, 0.3) is 0 Å². The summed E-state index contributed by atoms with van der Waals surface area (Å²) >= 11 is 0. The molecule has 0 spiro atoms. The average Bonchev–Trinajstić information content (AvgIpc) is 2.71. The van der Waals surface area contributed by atoms with Crippen LogP contribution in [0.5, 0.6) is 0 Å². The number of hydrogen-bond acceptors (Lipinski definition) is 2. The molecule has 0 saturated carbocycles. The summed E-state index contributed by atoms with van der Waals surface area (Å²) in [5, 5.41) is 3.73. The van der Waals surface area contributed by atoms with Gasteiger partial charge in [-0.1, -0.05) is 27.7 Å². The van der Waals surface area contributed by atoms with Gasteiger partial charge in [0, 0.05) is 12.6 Å². The molecule has 108 valence electrons. The second-order valence-electron chi connectivity index (χ2n) is 6.74.